The highest BCUT2D eigenvalue weighted by Gasteiger charge is 2.33. The van der Waals surface area contributed by atoms with Crippen molar-refractivity contribution in [2.75, 3.05) is 25.1 Å². The van der Waals surface area contributed by atoms with Gasteiger partial charge in [-0.05, 0) is 36.8 Å². The zero-order valence-corrected chi connectivity index (χ0v) is 16.5. The molecule has 1 aliphatic heterocycles. The molecule has 31 heavy (non-hydrogen) atoms. The molecule has 0 saturated heterocycles. The summed E-state index contributed by atoms with van der Waals surface area (Å²) in [6, 6.07) is 7.22. The van der Waals surface area contributed by atoms with Crippen molar-refractivity contribution >= 4 is 17.3 Å². The first-order chi connectivity index (χ1) is 14.6. The predicted molar refractivity (Wildman–Crippen MR) is 105 cm³/mol. The van der Waals surface area contributed by atoms with E-state index in [9.17, 15) is 28.1 Å². The summed E-state index contributed by atoms with van der Waals surface area (Å²) in [5.74, 6) is 0.904. The number of rotatable bonds is 7. The molecule has 0 radical (unpaired) electrons. The van der Waals surface area contributed by atoms with Gasteiger partial charge in [-0.1, -0.05) is 6.07 Å². The van der Waals surface area contributed by atoms with E-state index in [1.54, 1.807) is 19.1 Å². The smallest absolute Gasteiger partial charge is 0.416 e. The highest BCUT2D eigenvalue weighted by Crippen LogP contribution is 2.35. The number of nitrogens with one attached hydrogen (secondary N) is 2. The Balaban J connectivity index is 1.56. The number of nitro benzene ring substituents is 1. The van der Waals surface area contributed by atoms with E-state index in [1.807, 2.05) is 6.07 Å². The van der Waals surface area contributed by atoms with Gasteiger partial charge in [0, 0.05) is 19.0 Å². The lowest BCUT2D eigenvalue weighted by atomic mass is 10.1. The van der Waals surface area contributed by atoms with Gasteiger partial charge in [0.25, 0.3) is 5.69 Å². The van der Waals surface area contributed by atoms with Crippen LogP contribution in [0.3, 0.4) is 0 Å². The highest BCUT2D eigenvalue weighted by molar-refractivity contribution is 5.77. The molecule has 2 aromatic carbocycles. The molecule has 3 rings (SSSR count). The molecule has 1 amide bonds. The Kier molecular flexibility index (Phi) is 6.52. The number of anilines is 1. The van der Waals surface area contributed by atoms with Crippen molar-refractivity contribution in [3.8, 4) is 11.5 Å². The van der Waals surface area contributed by atoms with E-state index in [-0.39, 0.29) is 30.6 Å². The summed E-state index contributed by atoms with van der Waals surface area (Å²) in [5, 5.41) is 16.6. The maximum atomic E-state index is 12.8. The number of carbonyl (C=O) groups is 1. The van der Waals surface area contributed by atoms with Crippen LogP contribution in [0.1, 0.15) is 30.5 Å². The highest BCUT2D eigenvalue weighted by atomic mass is 19.4. The lowest BCUT2D eigenvalue weighted by Crippen LogP contribution is -2.28. The Morgan fingerprint density at radius 3 is 2.55 bits per heavy atom. The molecule has 11 heteroatoms. The fraction of sp³-hybridized carbons (Fsp3) is 0.350. The van der Waals surface area contributed by atoms with Crippen LogP contribution in [-0.2, 0) is 11.0 Å². The van der Waals surface area contributed by atoms with Crippen LogP contribution >= 0.6 is 0 Å². The number of halogens is 3. The van der Waals surface area contributed by atoms with Gasteiger partial charge in [-0.2, -0.15) is 13.2 Å². The van der Waals surface area contributed by atoms with Crippen molar-refractivity contribution in [2.45, 2.75) is 25.6 Å². The number of nitro groups is 1. The van der Waals surface area contributed by atoms with Crippen molar-refractivity contribution < 1.29 is 32.4 Å². The lowest BCUT2D eigenvalue weighted by molar-refractivity contribution is -0.384. The molecular weight excluding hydrogens is 419 g/mol. The third-order valence-electron chi connectivity index (χ3n) is 4.63. The van der Waals surface area contributed by atoms with E-state index in [1.165, 1.54) is 0 Å². The second-order valence-electron chi connectivity index (χ2n) is 6.86. The van der Waals surface area contributed by atoms with Gasteiger partial charge in [-0.3, -0.25) is 14.9 Å². The lowest BCUT2D eigenvalue weighted by Gasteiger charge is -2.21. The van der Waals surface area contributed by atoms with E-state index in [4.69, 9.17) is 9.47 Å². The first-order valence-electron chi connectivity index (χ1n) is 9.43. The quantitative estimate of drug-likeness (QED) is 0.498. The van der Waals surface area contributed by atoms with Crippen LogP contribution in [0.2, 0.25) is 0 Å². The van der Waals surface area contributed by atoms with Gasteiger partial charge in [0.15, 0.2) is 11.5 Å². The van der Waals surface area contributed by atoms with E-state index in [0.717, 1.165) is 17.7 Å². The first kappa shape index (κ1) is 22.2. The van der Waals surface area contributed by atoms with E-state index in [0.29, 0.717) is 30.8 Å². The number of hydrogen-bond donors (Lipinski definition) is 2. The number of benzene rings is 2. The summed E-state index contributed by atoms with van der Waals surface area (Å²) < 4.78 is 49.3. The molecular formula is C20H20F3N3O5. The van der Waals surface area contributed by atoms with Gasteiger partial charge >= 0.3 is 6.18 Å². The van der Waals surface area contributed by atoms with Gasteiger partial charge in [0.05, 0.1) is 16.5 Å². The third kappa shape index (κ3) is 5.56. The summed E-state index contributed by atoms with van der Waals surface area (Å²) in [7, 11) is 0. The van der Waals surface area contributed by atoms with Crippen LogP contribution in [-0.4, -0.2) is 30.6 Å². The molecule has 2 aromatic rings. The number of ether oxygens (including phenoxy) is 2. The Morgan fingerprint density at radius 1 is 1.16 bits per heavy atom. The predicted octanol–water partition coefficient (Wildman–Crippen LogP) is 4.06. The van der Waals surface area contributed by atoms with E-state index >= 15 is 0 Å². The van der Waals surface area contributed by atoms with Crippen LogP contribution in [0.25, 0.3) is 0 Å². The number of carbonyl (C=O) groups excluding carboxylic acids is 1. The summed E-state index contributed by atoms with van der Waals surface area (Å²) in [6.45, 7) is 2.71. The summed E-state index contributed by atoms with van der Waals surface area (Å²) in [6.07, 6.45) is -4.72. The number of fused-ring (bicyclic) bond motifs is 1. The van der Waals surface area contributed by atoms with E-state index in [2.05, 4.69) is 10.6 Å². The largest absolute Gasteiger partial charge is 0.486 e. The van der Waals surface area contributed by atoms with E-state index < -0.39 is 22.4 Å². The van der Waals surface area contributed by atoms with Gasteiger partial charge in [0.2, 0.25) is 5.91 Å². The molecule has 1 aliphatic rings. The average Bonchev–Trinajstić information content (AvgIpc) is 2.72. The van der Waals surface area contributed by atoms with Gasteiger partial charge < -0.3 is 20.1 Å². The summed E-state index contributed by atoms with van der Waals surface area (Å²) in [5.41, 5.74) is -1.11. The molecule has 0 spiro atoms. The molecule has 2 N–H and O–H groups in total. The monoisotopic (exact) mass is 439 g/mol. The van der Waals surface area contributed by atoms with Crippen molar-refractivity contribution in [3.05, 3.63) is 57.6 Å². The summed E-state index contributed by atoms with van der Waals surface area (Å²) in [4.78, 5) is 22.4. The van der Waals surface area contributed by atoms with Gasteiger partial charge in [-0.15, -0.1) is 0 Å². The minimum absolute atomic E-state index is 0.00585. The molecule has 0 bridgehead atoms. The molecule has 0 fully saturated rings. The first-order valence-corrected chi connectivity index (χ1v) is 9.43. The van der Waals surface area contributed by atoms with Crippen LogP contribution < -0.4 is 20.1 Å². The van der Waals surface area contributed by atoms with Crippen LogP contribution in [0.5, 0.6) is 11.5 Å². The van der Waals surface area contributed by atoms with Crippen molar-refractivity contribution in [3.63, 3.8) is 0 Å². The molecule has 1 heterocycles. The zero-order valence-electron chi connectivity index (χ0n) is 16.5. The molecule has 0 aromatic heterocycles. The molecule has 0 aliphatic carbocycles. The Bertz CT molecular complexity index is 981. The zero-order chi connectivity index (χ0) is 22.6. The molecule has 0 saturated carbocycles. The second-order valence-corrected chi connectivity index (χ2v) is 6.86. The number of alkyl halides is 3. The Hall–Kier alpha value is -3.50. The Morgan fingerprint density at radius 2 is 1.87 bits per heavy atom. The maximum Gasteiger partial charge on any atom is 0.416 e. The minimum Gasteiger partial charge on any atom is -0.486 e. The van der Waals surface area contributed by atoms with Gasteiger partial charge in [0.1, 0.15) is 18.9 Å². The normalized spacial score (nSPS) is 13.9. The standard InChI is InChI=1S/C20H20F3N3O5/c1-12(13-2-5-17-18(10-13)31-9-8-30-17)25-19(27)6-7-24-15-4-3-14(20(21,22)23)11-16(15)26(28)29/h2-5,10-12,24H,6-9H2,1H3,(H,25,27). The third-order valence-corrected chi connectivity index (χ3v) is 4.63. The summed E-state index contributed by atoms with van der Waals surface area (Å²) >= 11 is 0. The number of amides is 1. The van der Waals surface area contributed by atoms with Crippen LogP contribution in [0, 0.1) is 10.1 Å². The number of hydrogen-bond acceptors (Lipinski definition) is 6. The molecule has 166 valence electrons. The fourth-order valence-corrected chi connectivity index (χ4v) is 3.05. The molecule has 1 atom stereocenters. The van der Waals surface area contributed by atoms with Crippen LogP contribution in [0.4, 0.5) is 24.5 Å². The minimum atomic E-state index is -4.69. The second kappa shape index (κ2) is 9.11. The number of nitrogens with zero attached hydrogens (tertiary/aromatic N) is 1. The van der Waals surface area contributed by atoms with Gasteiger partial charge in [-0.25, -0.2) is 0 Å². The SMILES string of the molecule is CC(NC(=O)CCNc1ccc(C(F)(F)F)cc1[N+](=O)[O-])c1ccc2c(c1)OCCO2. The van der Waals surface area contributed by atoms with Crippen molar-refractivity contribution in [1.82, 2.24) is 5.32 Å². The van der Waals surface area contributed by atoms with Crippen LogP contribution in [0.15, 0.2) is 36.4 Å². The van der Waals surface area contributed by atoms with Crippen molar-refractivity contribution in [1.29, 1.82) is 0 Å². The topological polar surface area (TPSA) is 103 Å². The fourth-order valence-electron chi connectivity index (χ4n) is 3.05. The Labute approximate surface area is 175 Å². The molecule has 1 unspecified atom stereocenters. The maximum absolute atomic E-state index is 12.8. The average molecular weight is 439 g/mol. The van der Waals surface area contributed by atoms with Crippen molar-refractivity contribution in [2.24, 2.45) is 0 Å². The molecule has 8 nitrogen and oxygen atoms in total.